The molecule has 9 nitrogen and oxygen atoms in total. The highest BCUT2D eigenvalue weighted by Crippen LogP contribution is 2.22. The average molecular weight is 535 g/mol. The molecular formula is C28H54O9. The summed E-state index contributed by atoms with van der Waals surface area (Å²) in [5.41, 5.74) is 0. The van der Waals surface area contributed by atoms with E-state index in [9.17, 15) is 25.2 Å². The molecule has 1 aliphatic rings. The highest BCUT2D eigenvalue weighted by Gasteiger charge is 2.44. The molecule has 0 aromatic carbocycles. The molecule has 4 N–H and O–H groups in total. The van der Waals surface area contributed by atoms with Gasteiger partial charge in [0.15, 0.2) is 6.29 Å². The quantitative estimate of drug-likeness (QED) is 0.114. The zero-order valence-corrected chi connectivity index (χ0v) is 23.2. The lowest BCUT2D eigenvalue weighted by Gasteiger charge is -2.39. The van der Waals surface area contributed by atoms with E-state index in [1.54, 1.807) is 0 Å². The smallest absolute Gasteiger partial charge is 0.306 e. The molecule has 0 bridgehead atoms. The summed E-state index contributed by atoms with van der Waals surface area (Å²) >= 11 is 0. The van der Waals surface area contributed by atoms with E-state index in [0.29, 0.717) is 13.0 Å². The van der Waals surface area contributed by atoms with Crippen molar-refractivity contribution < 1.29 is 44.2 Å². The molecule has 6 atom stereocenters. The number of hydrogen-bond acceptors (Lipinski definition) is 9. The second kappa shape index (κ2) is 22.1. The zero-order chi connectivity index (χ0) is 27.3. The monoisotopic (exact) mass is 534 g/mol. The molecule has 0 spiro atoms. The highest BCUT2D eigenvalue weighted by atomic mass is 16.7. The van der Waals surface area contributed by atoms with E-state index in [2.05, 4.69) is 13.8 Å². The number of unbranched alkanes of at least 4 members (excludes halogenated alkanes) is 12. The molecule has 1 saturated heterocycles. The van der Waals surface area contributed by atoms with E-state index in [1.807, 2.05) is 0 Å². The van der Waals surface area contributed by atoms with Crippen molar-refractivity contribution in [3.8, 4) is 0 Å². The van der Waals surface area contributed by atoms with Crippen molar-refractivity contribution in [2.75, 3.05) is 26.4 Å². The number of hydrogen-bond donors (Lipinski definition) is 4. The largest absolute Gasteiger partial charge is 0.457 e. The Bertz CT molecular complexity index is 546. The van der Waals surface area contributed by atoms with Gasteiger partial charge in [-0.3, -0.25) is 4.79 Å². The van der Waals surface area contributed by atoms with Crippen LogP contribution in [0.1, 0.15) is 110 Å². The van der Waals surface area contributed by atoms with Crippen LogP contribution in [0.4, 0.5) is 0 Å². The summed E-state index contributed by atoms with van der Waals surface area (Å²) in [6, 6.07) is 0. The molecule has 0 saturated carbocycles. The molecule has 1 heterocycles. The van der Waals surface area contributed by atoms with Crippen LogP contribution in [-0.4, -0.2) is 89.6 Å². The molecule has 0 aliphatic carbocycles. The topological polar surface area (TPSA) is 135 Å². The first kappa shape index (κ1) is 34.2. The first-order valence-electron chi connectivity index (χ1n) is 14.6. The Morgan fingerprint density at radius 2 is 1.32 bits per heavy atom. The summed E-state index contributed by atoms with van der Waals surface area (Å²) in [7, 11) is 0. The molecule has 220 valence electrons. The Kier molecular flexibility index (Phi) is 20.4. The number of carbonyl (C=O) groups is 1. The fourth-order valence-electron chi connectivity index (χ4n) is 4.37. The normalized spacial score (nSPS) is 24.8. The maximum atomic E-state index is 12.4. The lowest BCUT2D eigenvalue weighted by atomic mass is 9.99. The van der Waals surface area contributed by atoms with Crippen molar-refractivity contribution in [3.63, 3.8) is 0 Å². The van der Waals surface area contributed by atoms with Crippen LogP contribution in [0.3, 0.4) is 0 Å². The maximum absolute atomic E-state index is 12.4. The number of ether oxygens (including phenoxy) is 4. The Hall–Kier alpha value is -0.810. The second-order valence-corrected chi connectivity index (χ2v) is 10.2. The molecule has 0 amide bonds. The van der Waals surface area contributed by atoms with Crippen LogP contribution in [0.25, 0.3) is 0 Å². The van der Waals surface area contributed by atoms with Gasteiger partial charge in [-0.25, -0.2) is 0 Å². The summed E-state index contributed by atoms with van der Waals surface area (Å²) in [6.45, 7) is 4.42. The van der Waals surface area contributed by atoms with Crippen molar-refractivity contribution in [2.45, 2.75) is 147 Å². The van der Waals surface area contributed by atoms with E-state index >= 15 is 0 Å². The van der Waals surface area contributed by atoms with Crippen LogP contribution in [0.15, 0.2) is 0 Å². The van der Waals surface area contributed by atoms with Gasteiger partial charge in [0.1, 0.15) is 30.5 Å². The molecule has 0 aromatic heterocycles. The highest BCUT2D eigenvalue weighted by molar-refractivity contribution is 5.69. The molecular weight excluding hydrogens is 480 g/mol. The summed E-state index contributed by atoms with van der Waals surface area (Å²) in [5, 5.41) is 39.5. The lowest BCUT2D eigenvalue weighted by molar-refractivity contribution is -0.305. The van der Waals surface area contributed by atoms with Crippen LogP contribution in [-0.2, 0) is 23.7 Å². The summed E-state index contributed by atoms with van der Waals surface area (Å²) in [6.07, 6.45) is 8.87. The molecule has 1 aliphatic heterocycles. The van der Waals surface area contributed by atoms with Gasteiger partial charge in [0.2, 0.25) is 0 Å². The van der Waals surface area contributed by atoms with Crippen LogP contribution < -0.4 is 0 Å². The Morgan fingerprint density at radius 1 is 0.757 bits per heavy atom. The molecule has 1 fully saturated rings. The van der Waals surface area contributed by atoms with Gasteiger partial charge in [-0.15, -0.1) is 0 Å². The van der Waals surface area contributed by atoms with E-state index < -0.39 is 43.4 Å². The molecule has 9 heteroatoms. The molecule has 0 aromatic rings. The van der Waals surface area contributed by atoms with Gasteiger partial charge >= 0.3 is 5.97 Å². The minimum Gasteiger partial charge on any atom is -0.457 e. The standard InChI is InChI=1S/C28H54O9/c1-3-5-7-9-10-11-12-14-16-18-34-20-22(36-24(30)17-15-13-8-6-4-2)21-35-28-27(33)26(32)25(31)23(19-29)37-28/h22-23,25-29,31-33H,3-21H2,1-2H3. The minimum atomic E-state index is -1.53. The van der Waals surface area contributed by atoms with Gasteiger partial charge in [0, 0.05) is 13.0 Å². The van der Waals surface area contributed by atoms with Gasteiger partial charge in [0.05, 0.1) is 19.8 Å². The van der Waals surface area contributed by atoms with Gasteiger partial charge in [-0.1, -0.05) is 90.9 Å². The van der Waals surface area contributed by atoms with Gasteiger partial charge in [-0.05, 0) is 12.8 Å². The predicted octanol–water partition coefficient (Wildman–Crippen LogP) is 3.62. The van der Waals surface area contributed by atoms with Gasteiger partial charge in [-0.2, -0.15) is 0 Å². The van der Waals surface area contributed by atoms with Gasteiger partial charge < -0.3 is 39.4 Å². The van der Waals surface area contributed by atoms with Crippen LogP contribution in [0.5, 0.6) is 0 Å². The summed E-state index contributed by atoms with van der Waals surface area (Å²) in [5.74, 6) is -0.328. The number of rotatable bonds is 23. The van der Waals surface area contributed by atoms with Crippen molar-refractivity contribution in [2.24, 2.45) is 0 Å². The number of aliphatic hydroxyl groups is 4. The van der Waals surface area contributed by atoms with Crippen LogP contribution >= 0.6 is 0 Å². The number of aliphatic hydroxyl groups excluding tert-OH is 4. The third kappa shape index (κ3) is 15.4. The van der Waals surface area contributed by atoms with Crippen molar-refractivity contribution in [1.82, 2.24) is 0 Å². The number of carbonyl (C=O) groups excluding carboxylic acids is 1. The van der Waals surface area contributed by atoms with Crippen LogP contribution in [0.2, 0.25) is 0 Å². The maximum Gasteiger partial charge on any atom is 0.306 e. The second-order valence-electron chi connectivity index (χ2n) is 10.2. The first-order chi connectivity index (χ1) is 17.9. The summed E-state index contributed by atoms with van der Waals surface area (Å²) in [4.78, 5) is 12.4. The average Bonchev–Trinajstić information content (AvgIpc) is 2.89. The van der Waals surface area contributed by atoms with Crippen molar-refractivity contribution in [3.05, 3.63) is 0 Å². The Labute approximate surface area is 223 Å². The van der Waals surface area contributed by atoms with Crippen molar-refractivity contribution in [1.29, 1.82) is 0 Å². The third-order valence-electron chi connectivity index (χ3n) is 6.77. The van der Waals surface area contributed by atoms with Crippen LogP contribution in [0, 0.1) is 0 Å². The zero-order valence-electron chi connectivity index (χ0n) is 23.2. The summed E-state index contributed by atoms with van der Waals surface area (Å²) < 4.78 is 22.4. The number of esters is 1. The fraction of sp³-hybridized carbons (Fsp3) is 0.964. The molecule has 0 radical (unpaired) electrons. The third-order valence-corrected chi connectivity index (χ3v) is 6.77. The minimum absolute atomic E-state index is 0.109. The molecule has 37 heavy (non-hydrogen) atoms. The molecule has 1 rings (SSSR count). The Balaban J connectivity index is 2.42. The SMILES string of the molecule is CCCCCCCCCCCOCC(COC1OC(CO)C(O)C(O)C1O)OC(=O)CCCCCCC. The van der Waals surface area contributed by atoms with E-state index in [-0.39, 0.29) is 19.2 Å². The Morgan fingerprint density at radius 3 is 1.92 bits per heavy atom. The van der Waals surface area contributed by atoms with E-state index in [0.717, 1.165) is 44.9 Å². The fourth-order valence-corrected chi connectivity index (χ4v) is 4.37. The van der Waals surface area contributed by atoms with E-state index in [1.165, 1.54) is 44.9 Å². The molecule has 6 unspecified atom stereocenters. The predicted molar refractivity (Wildman–Crippen MR) is 141 cm³/mol. The van der Waals surface area contributed by atoms with Gasteiger partial charge in [0.25, 0.3) is 0 Å². The lowest BCUT2D eigenvalue weighted by Crippen LogP contribution is -2.59. The first-order valence-corrected chi connectivity index (χ1v) is 14.6. The van der Waals surface area contributed by atoms with Crippen molar-refractivity contribution >= 4 is 5.97 Å². The van der Waals surface area contributed by atoms with E-state index in [4.69, 9.17) is 18.9 Å².